The minimum absolute atomic E-state index is 0.0390. The lowest BCUT2D eigenvalue weighted by molar-refractivity contribution is -0.140. The minimum Gasteiger partial charge on any atom is -0.480 e. The largest absolute Gasteiger partial charge is 0.480 e. The van der Waals surface area contributed by atoms with Gasteiger partial charge in [0.1, 0.15) is 30.1 Å². The second kappa shape index (κ2) is 20.7. The Bertz CT molecular complexity index is 2270. The van der Waals surface area contributed by atoms with Gasteiger partial charge in [0.2, 0.25) is 29.5 Å². The van der Waals surface area contributed by atoms with E-state index in [2.05, 4.69) is 10.6 Å². The topological polar surface area (TPSA) is 243 Å². The number of amides is 5. The van der Waals surface area contributed by atoms with E-state index in [0.717, 1.165) is 40.4 Å². The summed E-state index contributed by atoms with van der Waals surface area (Å²) in [5, 5.41) is 23.6. The summed E-state index contributed by atoms with van der Waals surface area (Å²) in [5.74, 6) is -4.93. The molecule has 19 heteroatoms. The Hall–Kier alpha value is -6.02. The van der Waals surface area contributed by atoms with Gasteiger partial charge in [-0.1, -0.05) is 51.1 Å². The summed E-state index contributed by atoms with van der Waals surface area (Å²) < 4.78 is 31.1. The molecule has 16 nitrogen and oxygen atoms in total. The predicted molar refractivity (Wildman–Crippen MR) is 228 cm³/mol. The molecule has 5 amide bonds. The Morgan fingerprint density at radius 1 is 1.00 bits per heavy atom. The Balaban J connectivity index is 1.20. The number of imidazole rings is 1. The van der Waals surface area contributed by atoms with Crippen molar-refractivity contribution in [3.05, 3.63) is 102 Å². The minimum atomic E-state index is -1.21. The summed E-state index contributed by atoms with van der Waals surface area (Å²) in [5.41, 5.74) is 12.6. The number of halogens is 2. The van der Waals surface area contributed by atoms with Gasteiger partial charge < -0.3 is 41.8 Å². The smallest absolute Gasteiger partial charge is 0.321 e. The Morgan fingerprint density at radius 2 is 1.69 bits per heavy atom. The maximum absolute atomic E-state index is 15.0. The first kappa shape index (κ1) is 47.0. The fourth-order valence-electron chi connectivity index (χ4n) is 6.92. The highest BCUT2D eigenvalue weighted by Gasteiger charge is 2.41. The number of aliphatic hydroxyl groups is 1. The zero-order valence-electron chi connectivity index (χ0n) is 34.4. The van der Waals surface area contributed by atoms with Crippen molar-refractivity contribution in [3.63, 3.8) is 0 Å². The molecule has 3 aromatic carbocycles. The van der Waals surface area contributed by atoms with Crippen LogP contribution in [0, 0.1) is 17.0 Å². The van der Waals surface area contributed by atoms with Crippen molar-refractivity contribution in [2.75, 3.05) is 35.7 Å². The van der Waals surface area contributed by atoms with Gasteiger partial charge in [0.25, 0.3) is 0 Å². The molecule has 1 unspecified atom stereocenters. The van der Waals surface area contributed by atoms with Crippen molar-refractivity contribution in [2.24, 2.45) is 16.9 Å². The van der Waals surface area contributed by atoms with Gasteiger partial charge in [-0.05, 0) is 59.9 Å². The molecule has 62 heavy (non-hydrogen) atoms. The number of benzene rings is 3. The van der Waals surface area contributed by atoms with Gasteiger partial charge in [-0.2, -0.15) is 0 Å². The van der Waals surface area contributed by atoms with E-state index >= 15 is 4.39 Å². The molecular formula is C43H50F2N8O8S. The number of thioether (sulfide) groups is 1. The van der Waals surface area contributed by atoms with Crippen molar-refractivity contribution < 1.29 is 47.8 Å². The van der Waals surface area contributed by atoms with E-state index in [9.17, 15) is 38.3 Å². The SMILES string of the molecule is CC(C)(C)[C@H](c1nc(-c2cc(F)ccc2F)cn1Cc1ccccc1)N(CC[C@H](N)C(=O)NCCC(=O)Nc1ccc(N2C(=O)CC(SC[C@H](N)C(=O)O)C2=O)cc1)C(=O)CO. The summed E-state index contributed by atoms with van der Waals surface area (Å²) in [6.45, 7) is 4.81. The molecule has 1 saturated heterocycles. The van der Waals surface area contributed by atoms with Gasteiger partial charge in [0.05, 0.1) is 28.7 Å². The third-order valence-electron chi connectivity index (χ3n) is 10.0. The third-order valence-corrected chi connectivity index (χ3v) is 11.3. The molecule has 0 spiro atoms. The van der Waals surface area contributed by atoms with Crippen LogP contribution < -0.4 is 27.0 Å². The van der Waals surface area contributed by atoms with E-state index in [4.69, 9.17) is 21.6 Å². The molecule has 0 bridgehead atoms. The first-order valence-corrected chi connectivity index (χ1v) is 20.8. The van der Waals surface area contributed by atoms with Crippen LogP contribution in [0.5, 0.6) is 0 Å². The number of carbonyl (C=O) groups is 6. The van der Waals surface area contributed by atoms with Crippen LogP contribution in [0.25, 0.3) is 11.3 Å². The van der Waals surface area contributed by atoms with Crippen LogP contribution in [0.3, 0.4) is 0 Å². The average molecular weight is 877 g/mol. The number of aliphatic hydroxyl groups excluding tert-OH is 1. The zero-order chi connectivity index (χ0) is 45.3. The molecule has 5 rings (SSSR count). The Kier molecular flexibility index (Phi) is 15.7. The number of nitrogens with one attached hydrogen (secondary N) is 2. The molecular weight excluding hydrogens is 827 g/mol. The number of nitrogens with two attached hydrogens (primary N) is 2. The van der Waals surface area contributed by atoms with E-state index in [1.807, 2.05) is 51.1 Å². The maximum Gasteiger partial charge on any atom is 0.321 e. The predicted octanol–water partition coefficient (Wildman–Crippen LogP) is 3.42. The number of rotatable bonds is 19. The average Bonchev–Trinajstić information content (AvgIpc) is 3.76. The van der Waals surface area contributed by atoms with Gasteiger partial charge in [-0.25, -0.2) is 18.7 Å². The fraction of sp³-hybridized carbons (Fsp3) is 0.372. The number of carbonyl (C=O) groups excluding carboxylic acids is 5. The van der Waals surface area contributed by atoms with Gasteiger partial charge in [-0.3, -0.25) is 28.8 Å². The van der Waals surface area contributed by atoms with Crippen LogP contribution in [-0.2, 0) is 35.3 Å². The number of hydrogen-bond donors (Lipinski definition) is 6. The van der Waals surface area contributed by atoms with Crippen LogP contribution in [0.2, 0.25) is 0 Å². The molecule has 330 valence electrons. The van der Waals surface area contributed by atoms with Crippen LogP contribution in [0.1, 0.15) is 57.5 Å². The van der Waals surface area contributed by atoms with Crippen molar-refractivity contribution in [1.29, 1.82) is 0 Å². The molecule has 1 aromatic heterocycles. The lowest BCUT2D eigenvalue weighted by Gasteiger charge is -2.40. The molecule has 1 aliphatic rings. The van der Waals surface area contributed by atoms with E-state index < -0.39 is 82.5 Å². The number of anilines is 2. The van der Waals surface area contributed by atoms with Crippen LogP contribution in [0.4, 0.5) is 20.2 Å². The highest BCUT2D eigenvalue weighted by Crippen LogP contribution is 2.40. The van der Waals surface area contributed by atoms with Gasteiger partial charge in [0.15, 0.2) is 0 Å². The van der Waals surface area contributed by atoms with Crippen LogP contribution in [-0.4, -0.2) is 103 Å². The first-order chi connectivity index (χ1) is 29.4. The number of hydrogen-bond acceptors (Lipinski definition) is 11. The van der Waals surface area contributed by atoms with Gasteiger partial charge in [-0.15, -0.1) is 11.8 Å². The summed E-state index contributed by atoms with van der Waals surface area (Å²) >= 11 is 1.00. The quantitative estimate of drug-likeness (QED) is 0.0743. The summed E-state index contributed by atoms with van der Waals surface area (Å²) in [6, 6.07) is 15.2. The molecule has 1 aliphatic heterocycles. The summed E-state index contributed by atoms with van der Waals surface area (Å²) in [4.78, 5) is 83.0. The summed E-state index contributed by atoms with van der Waals surface area (Å²) in [7, 11) is 0. The highest BCUT2D eigenvalue weighted by atomic mass is 32.2. The monoisotopic (exact) mass is 876 g/mol. The van der Waals surface area contributed by atoms with Crippen molar-refractivity contribution in [2.45, 2.75) is 70.0 Å². The number of carboxylic acid groups (broad SMARTS) is 1. The number of carboxylic acids is 1. The molecule has 1 fully saturated rings. The molecule has 4 aromatic rings. The standard InChI is InChI=1S/C43H50F2N8O8S/c1-43(2,3)38(39-50-33(29-19-26(44)9-14-30(29)45)22-51(39)21-25-7-5-4-6-8-25)52(37(57)23-54)18-16-31(46)40(58)48-17-15-35(55)49-27-10-12-28(13-11-27)53-36(56)20-34(41(53)59)62-24-32(47)42(60)61/h4-14,19,22,31-32,34,38,54H,15-18,20-21,23-24,46-47H2,1-3H3,(H,48,58)(H,49,55)(H,60,61)/t31-,32-,34?,38-/m0/s1. The van der Waals surface area contributed by atoms with Gasteiger partial charge >= 0.3 is 5.97 Å². The fourth-order valence-corrected chi connectivity index (χ4v) is 8.01. The maximum atomic E-state index is 15.0. The zero-order valence-corrected chi connectivity index (χ0v) is 35.2. The highest BCUT2D eigenvalue weighted by molar-refractivity contribution is 8.00. The lowest BCUT2D eigenvalue weighted by atomic mass is 9.84. The Morgan fingerprint density at radius 3 is 2.34 bits per heavy atom. The van der Waals surface area contributed by atoms with Crippen LogP contribution in [0.15, 0.2) is 79.0 Å². The molecule has 8 N–H and O–H groups in total. The molecule has 0 saturated carbocycles. The van der Waals surface area contributed by atoms with E-state index in [-0.39, 0.29) is 61.6 Å². The number of imide groups is 1. The summed E-state index contributed by atoms with van der Waals surface area (Å²) in [6.07, 6.45) is 1.29. The van der Waals surface area contributed by atoms with Gasteiger partial charge in [0, 0.05) is 55.7 Å². The third kappa shape index (κ3) is 11.9. The second-order valence-electron chi connectivity index (χ2n) is 15.8. The van der Waals surface area contributed by atoms with Crippen LogP contribution >= 0.6 is 11.8 Å². The first-order valence-electron chi connectivity index (χ1n) is 19.7. The molecule has 0 radical (unpaired) electrons. The van der Waals surface area contributed by atoms with E-state index in [1.54, 1.807) is 10.8 Å². The number of aromatic nitrogens is 2. The normalized spacial score (nSPS) is 15.5. The van der Waals surface area contributed by atoms with Crippen molar-refractivity contribution in [1.82, 2.24) is 19.8 Å². The molecule has 2 heterocycles. The molecule has 4 atom stereocenters. The Labute approximate surface area is 361 Å². The van der Waals surface area contributed by atoms with Crippen molar-refractivity contribution in [3.8, 4) is 11.3 Å². The van der Waals surface area contributed by atoms with E-state index in [0.29, 0.717) is 11.5 Å². The number of nitrogens with zero attached hydrogens (tertiary/aromatic N) is 4. The lowest BCUT2D eigenvalue weighted by Crippen LogP contribution is -2.48. The van der Waals surface area contributed by atoms with E-state index in [1.165, 1.54) is 29.2 Å². The second-order valence-corrected chi connectivity index (χ2v) is 17.0. The number of aliphatic carboxylic acids is 1. The van der Waals surface area contributed by atoms with Crippen molar-refractivity contribution >= 4 is 58.6 Å². The molecule has 0 aliphatic carbocycles.